The van der Waals surface area contributed by atoms with Gasteiger partial charge in [-0.05, 0) is 38.1 Å². The third kappa shape index (κ3) is 3.40. The van der Waals surface area contributed by atoms with E-state index in [9.17, 15) is 8.78 Å². The largest absolute Gasteiger partial charge is 0.411 e. The standard InChI is InChI=1S/C12H14F2N2O.ClH/c13-10-5-9(6-11(14)7-10)12(16-17)8-1-3-15-4-2-8;/h5-8,15,17H,1-4H2;1H/b16-12-;. The van der Waals surface area contributed by atoms with Gasteiger partial charge < -0.3 is 10.5 Å². The molecule has 1 fully saturated rings. The topological polar surface area (TPSA) is 44.6 Å². The molecule has 6 heteroatoms. The minimum absolute atomic E-state index is 0. The van der Waals surface area contributed by atoms with E-state index >= 15 is 0 Å². The number of nitrogens with one attached hydrogen (secondary N) is 1. The van der Waals surface area contributed by atoms with Gasteiger partial charge in [-0.1, -0.05) is 5.16 Å². The molecule has 0 aliphatic carbocycles. The number of hydrogen-bond acceptors (Lipinski definition) is 3. The van der Waals surface area contributed by atoms with Crippen molar-refractivity contribution in [2.45, 2.75) is 12.8 Å². The van der Waals surface area contributed by atoms with Crippen LogP contribution in [0.2, 0.25) is 0 Å². The molecule has 2 rings (SSSR count). The molecule has 0 unspecified atom stereocenters. The van der Waals surface area contributed by atoms with Crippen molar-refractivity contribution in [3.8, 4) is 0 Å². The van der Waals surface area contributed by atoms with E-state index in [1.54, 1.807) is 0 Å². The van der Waals surface area contributed by atoms with Crippen molar-refractivity contribution in [2.75, 3.05) is 13.1 Å². The Morgan fingerprint density at radius 2 is 1.72 bits per heavy atom. The summed E-state index contributed by atoms with van der Waals surface area (Å²) in [5.74, 6) is -1.27. The second-order valence-electron chi connectivity index (χ2n) is 4.17. The van der Waals surface area contributed by atoms with Gasteiger partial charge in [-0.15, -0.1) is 12.4 Å². The van der Waals surface area contributed by atoms with Crippen molar-refractivity contribution in [3.05, 3.63) is 35.4 Å². The normalized spacial score (nSPS) is 17.3. The zero-order valence-electron chi connectivity index (χ0n) is 9.70. The molecule has 2 N–H and O–H groups in total. The lowest BCUT2D eigenvalue weighted by Crippen LogP contribution is -2.32. The Morgan fingerprint density at radius 1 is 1.17 bits per heavy atom. The van der Waals surface area contributed by atoms with Gasteiger partial charge in [0.15, 0.2) is 0 Å². The molecule has 3 nitrogen and oxygen atoms in total. The smallest absolute Gasteiger partial charge is 0.126 e. The van der Waals surface area contributed by atoms with Crippen LogP contribution in [0.5, 0.6) is 0 Å². The summed E-state index contributed by atoms with van der Waals surface area (Å²) in [5, 5.41) is 15.4. The van der Waals surface area contributed by atoms with Gasteiger partial charge >= 0.3 is 0 Å². The molecule has 1 aromatic rings. The number of benzene rings is 1. The van der Waals surface area contributed by atoms with E-state index in [0.717, 1.165) is 32.0 Å². The average molecular weight is 277 g/mol. The van der Waals surface area contributed by atoms with Crippen LogP contribution in [0.3, 0.4) is 0 Å². The van der Waals surface area contributed by atoms with Crippen LogP contribution < -0.4 is 5.32 Å². The van der Waals surface area contributed by atoms with E-state index in [1.165, 1.54) is 12.1 Å². The number of hydrogen-bond donors (Lipinski definition) is 2. The van der Waals surface area contributed by atoms with Crippen molar-refractivity contribution in [2.24, 2.45) is 11.1 Å². The molecular formula is C12H15ClF2N2O. The van der Waals surface area contributed by atoms with Gasteiger partial charge in [0.2, 0.25) is 0 Å². The van der Waals surface area contributed by atoms with Crippen LogP contribution in [-0.2, 0) is 0 Å². The Hall–Kier alpha value is -1.20. The van der Waals surface area contributed by atoms with Gasteiger partial charge in [0.05, 0.1) is 5.71 Å². The minimum atomic E-state index is -0.657. The zero-order valence-corrected chi connectivity index (χ0v) is 10.5. The fourth-order valence-electron chi connectivity index (χ4n) is 2.17. The van der Waals surface area contributed by atoms with E-state index in [-0.39, 0.29) is 18.3 Å². The molecule has 100 valence electrons. The number of piperidine rings is 1. The third-order valence-corrected chi connectivity index (χ3v) is 2.99. The maximum atomic E-state index is 13.1. The fourth-order valence-corrected chi connectivity index (χ4v) is 2.17. The van der Waals surface area contributed by atoms with E-state index in [4.69, 9.17) is 5.21 Å². The van der Waals surface area contributed by atoms with Crippen LogP contribution in [0, 0.1) is 17.6 Å². The summed E-state index contributed by atoms with van der Waals surface area (Å²) < 4.78 is 26.2. The summed E-state index contributed by atoms with van der Waals surface area (Å²) in [5.41, 5.74) is 0.682. The molecule has 1 saturated heterocycles. The quantitative estimate of drug-likeness (QED) is 0.495. The second-order valence-corrected chi connectivity index (χ2v) is 4.17. The summed E-state index contributed by atoms with van der Waals surface area (Å²) >= 11 is 0. The number of nitrogens with zero attached hydrogens (tertiary/aromatic N) is 1. The summed E-state index contributed by atoms with van der Waals surface area (Å²) in [6.45, 7) is 1.64. The Labute approximate surface area is 110 Å². The Balaban J connectivity index is 0.00000162. The SMILES string of the molecule is Cl.O/N=C(\c1cc(F)cc(F)c1)C1CCNCC1. The molecule has 0 saturated carbocycles. The van der Waals surface area contributed by atoms with Gasteiger partial charge in [-0.2, -0.15) is 0 Å². The lowest BCUT2D eigenvalue weighted by molar-refractivity contribution is 0.311. The minimum Gasteiger partial charge on any atom is -0.411 e. The van der Waals surface area contributed by atoms with Crippen molar-refractivity contribution in [1.29, 1.82) is 0 Å². The lowest BCUT2D eigenvalue weighted by atomic mass is 9.89. The highest BCUT2D eigenvalue weighted by Gasteiger charge is 2.21. The first-order chi connectivity index (χ1) is 8.20. The van der Waals surface area contributed by atoms with Crippen LogP contribution in [-0.4, -0.2) is 24.0 Å². The van der Waals surface area contributed by atoms with E-state index < -0.39 is 11.6 Å². The van der Waals surface area contributed by atoms with Crippen LogP contribution in [0.1, 0.15) is 18.4 Å². The van der Waals surface area contributed by atoms with Gasteiger partial charge in [0.1, 0.15) is 11.6 Å². The first-order valence-corrected chi connectivity index (χ1v) is 5.60. The highest BCUT2D eigenvalue weighted by Crippen LogP contribution is 2.20. The molecular weight excluding hydrogens is 262 g/mol. The van der Waals surface area contributed by atoms with Crippen LogP contribution in [0.25, 0.3) is 0 Å². The fraction of sp³-hybridized carbons (Fsp3) is 0.417. The summed E-state index contributed by atoms with van der Waals surface area (Å²) in [6.07, 6.45) is 1.61. The van der Waals surface area contributed by atoms with Gasteiger partial charge in [0.25, 0.3) is 0 Å². The summed E-state index contributed by atoms with van der Waals surface area (Å²) in [4.78, 5) is 0. The maximum absolute atomic E-state index is 13.1. The number of rotatable bonds is 2. The molecule has 1 aliphatic heterocycles. The molecule has 18 heavy (non-hydrogen) atoms. The van der Waals surface area contributed by atoms with Gasteiger partial charge in [0, 0.05) is 17.5 Å². The zero-order chi connectivity index (χ0) is 12.3. The molecule has 1 aliphatic rings. The van der Waals surface area contributed by atoms with Crippen LogP contribution >= 0.6 is 12.4 Å². The first-order valence-electron chi connectivity index (χ1n) is 5.60. The highest BCUT2D eigenvalue weighted by molar-refractivity contribution is 6.01. The lowest BCUT2D eigenvalue weighted by Gasteiger charge is -2.23. The molecule has 0 amide bonds. The Bertz CT molecular complexity index is 414. The van der Waals surface area contributed by atoms with E-state index in [0.29, 0.717) is 11.3 Å². The first kappa shape index (κ1) is 14.9. The molecule has 0 bridgehead atoms. The summed E-state index contributed by atoms with van der Waals surface area (Å²) in [7, 11) is 0. The Morgan fingerprint density at radius 3 is 2.22 bits per heavy atom. The second kappa shape index (κ2) is 6.66. The van der Waals surface area contributed by atoms with E-state index in [1.807, 2.05) is 0 Å². The molecule has 0 atom stereocenters. The highest BCUT2D eigenvalue weighted by atomic mass is 35.5. The van der Waals surface area contributed by atoms with Crippen molar-refractivity contribution >= 4 is 18.1 Å². The molecule has 1 aromatic carbocycles. The van der Waals surface area contributed by atoms with Crippen LogP contribution in [0.15, 0.2) is 23.4 Å². The monoisotopic (exact) mass is 276 g/mol. The van der Waals surface area contributed by atoms with E-state index in [2.05, 4.69) is 10.5 Å². The van der Waals surface area contributed by atoms with Crippen molar-refractivity contribution in [1.82, 2.24) is 5.32 Å². The summed E-state index contributed by atoms with van der Waals surface area (Å²) in [6, 6.07) is 3.20. The van der Waals surface area contributed by atoms with Crippen molar-refractivity contribution < 1.29 is 14.0 Å². The molecule has 0 aromatic heterocycles. The van der Waals surface area contributed by atoms with Gasteiger partial charge in [-0.3, -0.25) is 0 Å². The third-order valence-electron chi connectivity index (χ3n) is 2.99. The van der Waals surface area contributed by atoms with Crippen LogP contribution in [0.4, 0.5) is 8.78 Å². The molecule has 0 spiro atoms. The Kier molecular flexibility index (Phi) is 5.50. The number of oxime groups is 1. The molecule has 0 radical (unpaired) electrons. The predicted molar refractivity (Wildman–Crippen MR) is 67.5 cm³/mol. The number of halogens is 3. The molecule has 1 heterocycles. The maximum Gasteiger partial charge on any atom is 0.126 e. The predicted octanol–water partition coefficient (Wildman–Crippen LogP) is 2.56. The average Bonchev–Trinajstić information content (AvgIpc) is 2.30. The van der Waals surface area contributed by atoms with Gasteiger partial charge in [-0.25, -0.2) is 8.78 Å². The van der Waals surface area contributed by atoms with Crippen molar-refractivity contribution in [3.63, 3.8) is 0 Å².